The Morgan fingerprint density at radius 1 is 1.47 bits per heavy atom. The van der Waals surface area contributed by atoms with Gasteiger partial charge in [0.15, 0.2) is 0 Å². The molecule has 1 saturated heterocycles. The summed E-state index contributed by atoms with van der Waals surface area (Å²) in [6.45, 7) is 4.82. The molecule has 0 saturated carbocycles. The van der Waals surface area contributed by atoms with E-state index in [9.17, 15) is 8.42 Å². The van der Waals surface area contributed by atoms with Gasteiger partial charge in [0.2, 0.25) is 10.0 Å². The first-order valence-corrected chi connectivity index (χ1v) is 8.38. The lowest BCUT2D eigenvalue weighted by Gasteiger charge is -2.33. The Balaban J connectivity index is 2.02. The zero-order valence-corrected chi connectivity index (χ0v) is 12.4. The molecule has 0 bridgehead atoms. The van der Waals surface area contributed by atoms with Crippen molar-refractivity contribution >= 4 is 10.0 Å². The minimum atomic E-state index is -3.11. The molecule has 2 rings (SSSR count). The lowest BCUT2D eigenvalue weighted by Crippen LogP contribution is -2.43. The molecule has 0 spiro atoms. The van der Waals surface area contributed by atoms with Crippen molar-refractivity contribution in [2.45, 2.75) is 38.4 Å². The van der Waals surface area contributed by atoms with Gasteiger partial charge in [0.1, 0.15) is 0 Å². The van der Waals surface area contributed by atoms with Gasteiger partial charge in [-0.15, -0.1) is 0 Å². The molecule has 4 nitrogen and oxygen atoms in total. The first-order chi connectivity index (χ1) is 9.00. The van der Waals surface area contributed by atoms with Crippen LogP contribution in [0.15, 0.2) is 24.5 Å². The van der Waals surface area contributed by atoms with Crippen LogP contribution in [0.5, 0.6) is 0 Å². The van der Waals surface area contributed by atoms with Crippen molar-refractivity contribution in [2.24, 2.45) is 5.92 Å². The molecule has 1 fully saturated rings. The smallest absolute Gasteiger partial charge is 0.216 e. The van der Waals surface area contributed by atoms with Crippen molar-refractivity contribution < 1.29 is 8.42 Å². The van der Waals surface area contributed by atoms with Gasteiger partial charge in [-0.1, -0.05) is 6.07 Å². The molecule has 0 unspecified atom stereocenters. The van der Waals surface area contributed by atoms with Crippen LogP contribution in [0.3, 0.4) is 0 Å². The zero-order valence-electron chi connectivity index (χ0n) is 11.6. The van der Waals surface area contributed by atoms with E-state index in [-0.39, 0.29) is 5.25 Å². The van der Waals surface area contributed by atoms with E-state index in [4.69, 9.17) is 0 Å². The molecule has 0 radical (unpaired) electrons. The van der Waals surface area contributed by atoms with E-state index in [1.165, 1.54) is 5.56 Å². The van der Waals surface area contributed by atoms with Crippen molar-refractivity contribution in [1.29, 1.82) is 0 Å². The molecule has 2 heterocycles. The zero-order chi connectivity index (χ0) is 13.9. The van der Waals surface area contributed by atoms with Crippen molar-refractivity contribution in [3.05, 3.63) is 30.1 Å². The molecule has 1 aliphatic heterocycles. The van der Waals surface area contributed by atoms with Gasteiger partial charge in [0.05, 0.1) is 5.25 Å². The maximum Gasteiger partial charge on any atom is 0.216 e. The number of sulfonamides is 1. The molecule has 0 amide bonds. The first-order valence-electron chi connectivity index (χ1n) is 6.88. The van der Waals surface area contributed by atoms with Crippen LogP contribution in [0.1, 0.15) is 32.3 Å². The SMILES string of the molecule is CC(C)S(=O)(=O)N1CCC[C@H](Cc2cccnc2)C1. The molecule has 19 heavy (non-hydrogen) atoms. The number of piperidine rings is 1. The fraction of sp³-hybridized carbons (Fsp3) is 0.643. The summed E-state index contributed by atoms with van der Waals surface area (Å²) >= 11 is 0. The summed E-state index contributed by atoms with van der Waals surface area (Å²) in [7, 11) is -3.11. The van der Waals surface area contributed by atoms with E-state index < -0.39 is 10.0 Å². The maximum absolute atomic E-state index is 12.2. The minimum absolute atomic E-state index is 0.329. The van der Waals surface area contributed by atoms with Crippen molar-refractivity contribution in [2.75, 3.05) is 13.1 Å². The highest BCUT2D eigenvalue weighted by atomic mass is 32.2. The number of nitrogens with zero attached hydrogens (tertiary/aromatic N) is 2. The largest absolute Gasteiger partial charge is 0.264 e. The summed E-state index contributed by atoms with van der Waals surface area (Å²) < 4.78 is 26.1. The maximum atomic E-state index is 12.2. The topological polar surface area (TPSA) is 50.3 Å². The molecule has 1 atom stereocenters. The summed E-state index contributed by atoms with van der Waals surface area (Å²) in [5.74, 6) is 0.409. The standard InChI is InChI=1S/C14H22N2O2S/c1-12(2)19(17,18)16-8-4-6-14(11-16)9-13-5-3-7-15-10-13/h3,5,7,10,12,14H,4,6,8-9,11H2,1-2H3/t14-/m1/s1. The summed E-state index contributed by atoms with van der Waals surface area (Å²) in [5, 5.41) is -0.329. The van der Waals surface area contributed by atoms with Crippen LogP contribution < -0.4 is 0 Å². The highest BCUT2D eigenvalue weighted by Gasteiger charge is 2.30. The third-order valence-corrected chi connectivity index (χ3v) is 5.93. The van der Waals surface area contributed by atoms with Crippen molar-refractivity contribution in [3.63, 3.8) is 0 Å². The number of hydrogen-bond acceptors (Lipinski definition) is 3. The summed E-state index contributed by atoms with van der Waals surface area (Å²) in [4.78, 5) is 4.11. The van der Waals surface area contributed by atoms with E-state index in [0.29, 0.717) is 19.0 Å². The molecule has 1 aromatic heterocycles. The van der Waals surface area contributed by atoms with Crippen LogP contribution in [0.2, 0.25) is 0 Å². The Labute approximate surface area is 115 Å². The molecule has 5 heteroatoms. The highest BCUT2D eigenvalue weighted by molar-refractivity contribution is 7.89. The molecule has 0 aliphatic carbocycles. The molecular weight excluding hydrogens is 260 g/mol. The van der Waals surface area contributed by atoms with Gasteiger partial charge in [-0.2, -0.15) is 0 Å². The normalized spacial score (nSPS) is 21.7. The Morgan fingerprint density at radius 2 is 2.26 bits per heavy atom. The Morgan fingerprint density at radius 3 is 2.89 bits per heavy atom. The molecule has 106 valence electrons. The highest BCUT2D eigenvalue weighted by Crippen LogP contribution is 2.24. The lowest BCUT2D eigenvalue weighted by atomic mass is 9.93. The predicted molar refractivity (Wildman–Crippen MR) is 76.3 cm³/mol. The van der Waals surface area contributed by atoms with Crippen LogP contribution in [0.4, 0.5) is 0 Å². The van der Waals surface area contributed by atoms with Crippen LogP contribution >= 0.6 is 0 Å². The number of pyridine rings is 1. The van der Waals surface area contributed by atoms with Crippen LogP contribution in [0.25, 0.3) is 0 Å². The van der Waals surface area contributed by atoms with Gasteiger partial charge in [-0.05, 0) is 50.7 Å². The van der Waals surface area contributed by atoms with Crippen molar-refractivity contribution in [1.82, 2.24) is 9.29 Å². The van der Waals surface area contributed by atoms with Gasteiger partial charge >= 0.3 is 0 Å². The second-order valence-corrected chi connectivity index (χ2v) is 8.01. The lowest BCUT2D eigenvalue weighted by molar-refractivity contribution is 0.264. The molecular formula is C14H22N2O2S. The second-order valence-electron chi connectivity index (χ2n) is 5.53. The quantitative estimate of drug-likeness (QED) is 0.849. The number of rotatable bonds is 4. The first kappa shape index (κ1) is 14.5. The molecule has 0 aromatic carbocycles. The Kier molecular flexibility index (Phi) is 4.58. The fourth-order valence-electron chi connectivity index (χ4n) is 2.57. The van der Waals surface area contributed by atoms with Crippen LogP contribution in [-0.4, -0.2) is 36.0 Å². The van der Waals surface area contributed by atoms with Gasteiger partial charge < -0.3 is 0 Å². The van der Waals surface area contributed by atoms with Gasteiger partial charge in [-0.25, -0.2) is 12.7 Å². The van der Waals surface area contributed by atoms with Crippen LogP contribution in [0, 0.1) is 5.92 Å². The third-order valence-electron chi connectivity index (χ3n) is 3.68. The Hall–Kier alpha value is -0.940. The van der Waals surface area contributed by atoms with E-state index in [2.05, 4.69) is 11.1 Å². The predicted octanol–water partition coefficient (Wildman–Crippen LogP) is 2.07. The van der Waals surface area contributed by atoms with Crippen LogP contribution in [-0.2, 0) is 16.4 Å². The third kappa shape index (κ3) is 3.54. The summed E-state index contributed by atoms with van der Waals surface area (Å²) in [5.41, 5.74) is 1.19. The number of aromatic nitrogens is 1. The fourth-order valence-corrected chi connectivity index (χ4v) is 3.97. The van der Waals surface area contributed by atoms with Gasteiger partial charge in [0.25, 0.3) is 0 Å². The molecule has 1 aromatic rings. The number of hydrogen-bond donors (Lipinski definition) is 0. The van der Waals surface area contributed by atoms with Gasteiger partial charge in [0, 0.05) is 25.5 Å². The Bertz CT molecular complexity index is 499. The van der Waals surface area contributed by atoms with E-state index in [0.717, 1.165) is 19.3 Å². The summed E-state index contributed by atoms with van der Waals surface area (Å²) in [6.07, 6.45) is 6.60. The van der Waals surface area contributed by atoms with E-state index in [1.807, 2.05) is 12.3 Å². The second kappa shape index (κ2) is 6.01. The molecule has 1 aliphatic rings. The summed E-state index contributed by atoms with van der Waals surface area (Å²) in [6, 6.07) is 3.99. The minimum Gasteiger partial charge on any atom is -0.264 e. The average molecular weight is 282 g/mol. The molecule has 0 N–H and O–H groups in total. The van der Waals surface area contributed by atoms with E-state index in [1.54, 1.807) is 24.3 Å². The monoisotopic (exact) mass is 282 g/mol. The average Bonchev–Trinajstić information content (AvgIpc) is 2.40. The van der Waals surface area contributed by atoms with Gasteiger partial charge in [-0.3, -0.25) is 4.98 Å². The van der Waals surface area contributed by atoms with Crippen molar-refractivity contribution in [3.8, 4) is 0 Å². The van der Waals surface area contributed by atoms with E-state index >= 15 is 0 Å².